The number of hydrogen-bond donors (Lipinski definition) is 1. The third kappa shape index (κ3) is 6.81. The summed E-state index contributed by atoms with van der Waals surface area (Å²) in [5, 5.41) is 18.7. The Bertz CT molecular complexity index is 2580. The number of amidine groups is 2. The minimum Gasteiger partial charge on any atom is -0.405 e. The molecular formula is C49H38N6. The van der Waals surface area contributed by atoms with Crippen LogP contribution in [0.25, 0.3) is 22.3 Å². The topological polar surface area (TPSA) is 111 Å². The van der Waals surface area contributed by atoms with Crippen LogP contribution < -0.4 is 5.73 Å². The number of nitrogens with zero attached hydrogens (tertiary/aromatic N) is 5. The van der Waals surface area contributed by atoms with Gasteiger partial charge in [-0.15, -0.1) is 0 Å². The molecule has 55 heavy (non-hydrogen) atoms. The minimum atomic E-state index is -0.559. The molecule has 2 N–H and O–H groups in total. The van der Waals surface area contributed by atoms with E-state index in [1.54, 1.807) is 42.6 Å². The number of fused-ring (bicyclic) bond motifs is 3. The van der Waals surface area contributed by atoms with E-state index in [0.717, 1.165) is 34.2 Å². The quantitative estimate of drug-likeness (QED) is 0.0916. The van der Waals surface area contributed by atoms with Gasteiger partial charge in [-0.3, -0.25) is 4.99 Å². The van der Waals surface area contributed by atoms with Crippen LogP contribution in [0.4, 0.5) is 0 Å². The Morgan fingerprint density at radius 1 is 0.709 bits per heavy atom. The molecule has 264 valence electrons. The fraction of sp³-hybridized carbons (Fsp3) is 0.0816. The van der Waals surface area contributed by atoms with Gasteiger partial charge in [0, 0.05) is 11.1 Å². The van der Waals surface area contributed by atoms with Crippen molar-refractivity contribution in [1.82, 2.24) is 0 Å². The number of nitrogens with two attached hydrogens (primary N) is 1. The van der Waals surface area contributed by atoms with E-state index in [9.17, 15) is 10.5 Å². The SMILES string of the molecule is C=NC(=NC(=NCc1cccc(-c2cccc3c2-c2ccccc2C3(C(/C=C\N)=C/CC)c2ccccc2)c1)c1ccc(C#N)cc1)c1ccc(C#N)cc1. The maximum atomic E-state index is 9.42. The first-order valence-corrected chi connectivity index (χ1v) is 18.1. The average molecular weight is 711 g/mol. The highest BCUT2D eigenvalue weighted by atomic mass is 15.0. The molecular weight excluding hydrogens is 673 g/mol. The van der Waals surface area contributed by atoms with E-state index in [4.69, 9.17) is 15.7 Å². The van der Waals surface area contributed by atoms with Gasteiger partial charge in [-0.05, 0) is 130 Å². The predicted molar refractivity (Wildman–Crippen MR) is 224 cm³/mol. The Kier molecular flexibility index (Phi) is 10.5. The molecule has 0 bridgehead atoms. The van der Waals surface area contributed by atoms with Crippen molar-refractivity contribution in [3.05, 3.63) is 214 Å². The summed E-state index contributed by atoms with van der Waals surface area (Å²) in [6.07, 6.45) is 6.85. The van der Waals surface area contributed by atoms with E-state index in [1.807, 2.05) is 12.1 Å². The maximum Gasteiger partial charge on any atom is 0.161 e. The summed E-state index contributed by atoms with van der Waals surface area (Å²) in [5.41, 5.74) is 18.5. The van der Waals surface area contributed by atoms with Crippen molar-refractivity contribution in [2.45, 2.75) is 25.3 Å². The van der Waals surface area contributed by atoms with E-state index < -0.39 is 5.41 Å². The van der Waals surface area contributed by atoms with Crippen molar-refractivity contribution < 1.29 is 0 Å². The Morgan fingerprint density at radius 2 is 1.33 bits per heavy atom. The second kappa shape index (κ2) is 16.1. The van der Waals surface area contributed by atoms with Crippen LogP contribution in [-0.4, -0.2) is 18.4 Å². The first kappa shape index (κ1) is 36.0. The van der Waals surface area contributed by atoms with Gasteiger partial charge >= 0.3 is 0 Å². The van der Waals surface area contributed by atoms with E-state index >= 15 is 0 Å². The molecule has 0 radical (unpaired) electrons. The van der Waals surface area contributed by atoms with Crippen molar-refractivity contribution in [1.29, 1.82) is 10.5 Å². The number of hydrogen-bond acceptors (Lipinski definition) is 4. The van der Waals surface area contributed by atoms with E-state index in [2.05, 4.69) is 140 Å². The molecule has 0 spiro atoms. The summed E-state index contributed by atoms with van der Waals surface area (Å²) in [4.78, 5) is 14.1. The molecule has 6 aromatic rings. The number of allylic oxidation sites excluding steroid dienone is 3. The number of aliphatic imine (C=N–C) groups is 3. The molecule has 1 aliphatic carbocycles. The number of nitriles is 2. The van der Waals surface area contributed by atoms with Crippen LogP contribution in [0.2, 0.25) is 0 Å². The van der Waals surface area contributed by atoms with Crippen LogP contribution in [0.1, 0.15) is 57.9 Å². The standard InChI is InChI=1S/C49H38N6/c1-3-11-40(28-29-50)49(41-14-5-4-6-15-41)44-18-8-7-16-43(44)46-42(17-10-19-45(46)49)39-13-9-12-36(30-39)33-54-48(38-26-22-35(32-52)23-27-38)55-47(53-2)37-24-20-34(31-51)21-25-37/h4-30H,2-3,33,50H2,1H3/b29-28-,40-11+,54-48?,55-47?. The first-order chi connectivity index (χ1) is 27.0. The van der Waals surface area contributed by atoms with E-state index in [-0.39, 0.29) is 0 Å². The lowest BCUT2D eigenvalue weighted by molar-refractivity contribution is 0.761. The molecule has 0 aliphatic heterocycles. The normalized spacial score (nSPS) is 15.2. The van der Waals surface area contributed by atoms with Gasteiger partial charge in [0.15, 0.2) is 11.7 Å². The van der Waals surface area contributed by atoms with Crippen molar-refractivity contribution in [2.24, 2.45) is 20.7 Å². The highest BCUT2D eigenvalue weighted by molar-refractivity contribution is 6.12. The number of rotatable bonds is 9. The van der Waals surface area contributed by atoms with Crippen molar-refractivity contribution >= 4 is 18.4 Å². The van der Waals surface area contributed by atoms with Gasteiger partial charge in [0.05, 0.1) is 35.2 Å². The Morgan fingerprint density at radius 3 is 1.98 bits per heavy atom. The van der Waals surface area contributed by atoms with Crippen LogP contribution in [0.15, 0.2) is 184 Å². The summed E-state index contributed by atoms with van der Waals surface area (Å²) in [5.74, 6) is 0.828. The zero-order valence-corrected chi connectivity index (χ0v) is 30.5. The van der Waals surface area contributed by atoms with Gasteiger partial charge < -0.3 is 5.73 Å². The molecule has 0 heterocycles. The van der Waals surface area contributed by atoms with Crippen LogP contribution >= 0.6 is 0 Å². The van der Waals surface area contributed by atoms with Crippen molar-refractivity contribution in [3.8, 4) is 34.4 Å². The molecule has 6 nitrogen and oxygen atoms in total. The largest absolute Gasteiger partial charge is 0.405 e. The Hall–Kier alpha value is -7.41. The predicted octanol–water partition coefficient (Wildman–Crippen LogP) is 10.3. The average Bonchev–Trinajstić information content (AvgIpc) is 3.55. The highest BCUT2D eigenvalue weighted by Crippen LogP contribution is 2.58. The van der Waals surface area contributed by atoms with Crippen molar-refractivity contribution in [2.75, 3.05) is 0 Å². The summed E-state index contributed by atoms with van der Waals surface area (Å²) in [7, 11) is 0. The first-order valence-electron chi connectivity index (χ1n) is 18.1. The minimum absolute atomic E-state index is 0.342. The molecule has 6 aromatic carbocycles. The van der Waals surface area contributed by atoms with Crippen molar-refractivity contribution in [3.63, 3.8) is 0 Å². The van der Waals surface area contributed by atoms with Gasteiger partial charge in [-0.25, -0.2) is 9.98 Å². The third-order valence-corrected chi connectivity index (χ3v) is 9.96. The molecule has 1 unspecified atom stereocenters. The second-order valence-electron chi connectivity index (χ2n) is 13.1. The molecule has 0 saturated carbocycles. The summed E-state index contributed by atoms with van der Waals surface area (Å²) >= 11 is 0. The third-order valence-electron chi connectivity index (χ3n) is 9.96. The van der Waals surface area contributed by atoms with Gasteiger partial charge in [-0.1, -0.05) is 104 Å². The van der Waals surface area contributed by atoms with Gasteiger partial charge in [0.1, 0.15) is 0 Å². The molecule has 1 atom stereocenters. The molecule has 1 aliphatic rings. The second-order valence-corrected chi connectivity index (χ2v) is 13.1. The van der Waals surface area contributed by atoms with E-state index in [0.29, 0.717) is 34.9 Å². The zero-order chi connectivity index (χ0) is 38.2. The lowest BCUT2D eigenvalue weighted by Crippen LogP contribution is -2.29. The van der Waals surface area contributed by atoms with Gasteiger partial charge in [-0.2, -0.15) is 10.5 Å². The molecule has 0 aromatic heterocycles. The fourth-order valence-electron chi connectivity index (χ4n) is 7.59. The fourth-order valence-corrected chi connectivity index (χ4v) is 7.59. The highest BCUT2D eigenvalue weighted by Gasteiger charge is 2.47. The van der Waals surface area contributed by atoms with Crippen LogP contribution in [-0.2, 0) is 12.0 Å². The van der Waals surface area contributed by atoms with Crippen LogP contribution in [0.5, 0.6) is 0 Å². The summed E-state index contributed by atoms with van der Waals surface area (Å²) in [6, 6.07) is 53.0. The molecule has 0 saturated heterocycles. The van der Waals surface area contributed by atoms with E-state index in [1.165, 1.54) is 27.8 Å². The summed E-state index contributed by atoms with van der Waals surface area (Å²) < 4.78 is 0. The van der Waals surface area contributed by atoms with Crippen LogP contribution in [0, 0.1) is 22.7 Å². The smallest absolute Gasteiger partial charge is 0.161 e. The molecule has 0 amide bonds. The lowest BCUT2D eigenvalue weighted by Gasteiger charge is -2.35. The monoisotopic (exact) mass is 710 g/mol. The van der Waals surface area contributed by atoms with Gasteiger partial charge in [0.25, 0.3) is 0 Å². The van der Waals surface area contributed by atoms with Gasteiger partial charge in [0.2, 0.25) is 0 Å². The molecule has 7 rings (SSSR count). The zero-order valence-electron chi connectivity index (χ0n) is 30.5. The lowest BCUT2D eigenvalue weighted by atomic mass is 9.66. The Balaban J connectivity index is 1.35. The maximum absolute atomic E-state index is 9.42. The number of benzene rings is 6. The molecule has 6 heteroatoms. The summed E-state index contributed by atoms with van der Waals surface area (Å²) in [6.45, 7) is 6.27. The Labute approximate surface area is 322 Å². The molecule has 0 fully saturated rings. The van der Waals surface area contributed by atoms with Crippen LogP contribution in [0.3, 0.4) is 0 Å².